The van der Waals surface area contributed by atoms with E-state index >= 15 is 0 Å². The standard InChI is InChI=1S/C24H17ClO9/c1-28-8-30-13-3-4-14-18-15(13)12(26)5-6-23(18)10-7-11(25)20(31-9-29-2)16-17(10)24(33-14,34-23)22-21(32-22)19(16)27/h3-7,21-22H,8-9H2,1-2H3/t21-,22-,23+,24+/m1/s1. The Morgan fingerprint density at radius 1 is 1.06 bits per heavy atom. The number of fused-ring (bicyclic) bond motifs is 1. The smallest absolute Gasteiger partial charge is 0.269 e. The average molecular weight is 485 g/mol. The van der Waals surface area contributed by atoms with Crippen LogP contribution in [0.15, 0.2) is 30.4 Å². The number of epoxide rings is 1. The zero-order valence-corrected chi connectivity index (χ0v) is 18.8. The molecule has 2 spiro atoms. The summed E-state index contributed by atoms with van der Waals surface area (Å²) in [7, 11) is 2.96. The van der Waals surface area contributed by atoms with Gasteiger partial charge >= 0.3 is 0 Å². The highest BCUT2D eigenvalue weighted by molar-refractivity contribution is 6.33. The van der Waals surface area contributed by atoms with Gasteiger partial charge in [-0.15, -0.1) is 0 Å². The normalized spacial score (nSPS) is 30.3. The predicted octanol–water partition coefficient (Wildman–Crippen LogP) is 2.84. The van der Waals surface area contributed by atoms with E-state index in [1.165, 1.54) is 20.3 Å². The minimum atomic E-state index is -1.40. The van der Waals surface area contributed by atoms with Crippen molar-refractivity contribution in [3.8, 4) is 17.2 Å². The largest absolute Gasteiger partial charge is 0.467 e. The monoisotopic (exact) mass is 484 g/mol. The molecule has 3 heterocycles. The van der Waals surface area contributed by atoms with E-state index in [0.29, 0.717) is 33.8 Å². The Morgan fingerprint density at radius 3 is 2.65 bits per heavy atom. The molecule has 1 saturated heterocycles. The van der Waals surface area contributed by atoms with Crippen LogP contribution in [0.2, 0.25) is 5.02 Å². The molecule has 0 N–H and O–H groups in total. The van der Waals surface area contributed by atoms with E-state index < -0.39 is 23.6 Å². The second-order valence-electron chi connectivity index (χ2n) is 8.55. The number of ether oxygens (including phenoxy) is 7. The van der Waals surface area contributed by atoms with Gasteiger partial charge in [0.2, 0.25) is 0 Å². The molecule has 9 nitrogen and oxygen atoms in total. The van der Waals surface area contributed by atoms with Gasteiger partial charge in [0.25, 0.3) is 5.79 Å². The molecule has 0 saturated carbocycles. The summed E-state index contributed by atoms with van der Waals surface area (Å²) in [4.78, 5) is 26.4. The van der Waals surface area contributed by atoms with Crippen LogP contribution >= 0.6 is 11.6 Å². The van der Waals surface area contributed by atoms with Crippen LogP contribution in [0.25, 0.3) is 0 Å². The Hall–Kier alpha value is -2.95. The van der Waals surface area contributed by atoms with Crippen LogP contribution in [0.3, 0.4) is 0 Å². The number of Topliss-reactive ketones (excluding diaryl/α,β-unsaturated/α-hetero) is 1. The van der Waals surface area contributed by atoms with Crippen molar-refractivity contribution in [1.82, 2.24) is 0 Å². The molecule has 2 aromatic rings. The molecule has 0 radical (unpaired) electrons. The van der Waals surface area contributed by atoms with Crippen LogP contribution in [0.1, 0.15) is 37.4 Å². The summed E-state index contributed by atoms with van der Waals surface area (Å²) >= 11 is 6.64. The van der Waals surface area contributed by atoms with Gasteiger partial charge in [-0.05, 0) is 30.4 Å². The van der Waals surface area contributed by atoms with E-state index in [9.17, 15) is 9.59 Å². The SMILES string of the molecule is COCOc1ccc2c3c1C(=O)C=C[C@@]31O[C@@]3(O2)c2c1cc(Cl)c(OCOC)c2C(=O)[C@H]1O[C@H]13. The van der Waals surface area contributed by atoms with Gasteiger partial charge in [0.15, 0.2) is 43.1 Å². The van der Waals surface area contributed by atoms with Gasteiger partial charge in [-0.3, -0.25) is 9.59 Å². The van der Waals surface area contributed by atoms with Crippen LogP contribution in [0, 0.1) is 0 Å². The highest BCUT2D eigenvalue weighted by Crippen LogP contribution is 2.68. The molecule has 0 aromatic heterocycles. The Bertz CT molecular complexity index is 1350. The van der Waals surface area contributed by atoms with E-state index in [0.717, 1.165) is 0 Å². The summed E-state index contributed by atoms with van der Waals surface area (Å²) in [6.45, 7) is -0.146. The molecular weight excluding hydrogens is 468 g/mol. The lowest BCUT2D eigenvalue weighted by atomic mass is 9.76. The van der Waals surface area contributed by atoms with Gasteiger partial charge in [-0.1, -0.05) is 11.6 Å². The van der Waals surface area contributed by atoms with E-state index in [2.05, 4.69) is 0 Å². The lowest BCUT2D eigenvalue weighted by Gasteiger charge is -2.42. The molecule has 3 aliphatic heterocycles. The quantitative estimate of drug-likeness (QED) is 0.452. The molecule has 10 heteroatoms. The molecule has 5 aliphatic rings. The molecule has 2 aliphatic carbocycles. The summed E-state index contributed by atoms with van der Waals surface area (Å²) in [5.41, 5.74) is 0.875. The molecule has 1 fully saturated rings. The van der Waals surface area contributed by atoms with Crippen molar-refractivity contribution >= 4 is 23.2 Å². The van der Waals surface area contributed by atoms with E-state index in [4.69, 9.17) is 44.8 Å². The molecule has 0 unspecified atom stereocenters. The fraction of sp³-hybridized carbons (Fsp3) is 0.333. The molecule has 174 valence electrons. The number of hydrogen-bond donors (Lipinski definition) is 0. The lowest BCUT2D eigenvalue weighted by molar-refractivity contribution is -0.245. The van der Waals surface area contributed by atoms with Gasteiger partial charge < -0.3 is 33.2 Å². The molecule has 2 bridgehead atoms. The first-order valence-corrected chi connectivity index (χ1v) is 11.0. The first-order valence-electron chi connectivity index (χ1n) is 10.6. The van der Waals surface area contributed by atoms with E-state index in [1.807, 2.05) is 0 Å². The van der Waals surface area contributed by atoms with Crippen molar-refractivity contribution in [1.29, 1.82) is 0 Å². The first-order chi connectivity index (χ1) is 16.5. The van der Waals surface area contributed by atoms with Gasteiger partial charge in [-0.2, -0.15) is 0 Å². The third-order valence-corrected chi connectivity index (χ3v) is 7.08. The number of carbonyl (C=O) groups excluding carboxylic acids is 2. The third kappa shape index (κ3) is 2.24. The zero-order valence-electron chi connectivity index (χ0n) is 18.0. The van der Waals surface area contributed by atoms with Crippen LogP contribution in [0.4, 0.5) is 0 Å². The maximum atomic E-state index is 13.4. The highest BCUT2D eigenvalue weighted by atomic mass is 35.5. The van der Waals surface area contributed by atoms with E-state index in [1.54, 1.807) is 24.3 Å². The Kier molecular flexibility index (Phi) is 3.96. The summed E-state index contributed by atoms with van der Waals surface area (Å²) in [5, 5.41) is 0.208. The van der Waals surface area contributed by atoms with Gasteiger partial charge in [0, 0.05) is 30.9 Å². The first kappa shape index (κ1) is 20.4. The predicted molar refractivity (Wildman–Crippen MR) is 114 cm³/mol. The highest BCUT2D eigenvalue weighted by Gasteiger charge is 2.76. The molecule has 2 aromatic carbocycles. The van der Waals surface area contributed by atoms with Crippen molar-refractivity contribution in [3.05, 3.63) is 63.2 Å². The van der Waals surface area contributed by atoms with Crippen molar-refractivity contribution in [3.63, 3.8) is 0 Å². The number of allylic oxidation sites excluding steroid dienone is 1. The zero-order chi connectivity index (χ0) is 23.4. The Balaban J connectivity index is 1.55. The molecule has 7 rings (SSSR count). The molecule has 34 heavy (non-hydrogen) atoms. The van der Waals surface area contributed by atoms with E-state index in [-0.39, 0.29) is 41.5 Å². The number of carbonyl (C=O) groups is 2. The molecule has 4 atom stereocenters. The maximum absolute atomic E-state index is 13.4. The second kappa shape index (κ2) is 6.59. The van der Waals surface area contributed by atoms with Crippen LogP contribution < -0.4 is 14.2 Å². The summed E-state index contributed by atoms with van der Waals surface area (Å²) < 4.78 is 40.4. The number of rotatable bonds is 6. The lowest BCUT2D eigenvalue weighted by Crippen LogP contribution is -2.50. The van der Waals surface area contributed by atoms with Gasteiger partial charge in [-0.25, -0.2) is 0 Å². The maximum Gasteiger partial charge on any atom is 0.269 e. The third-order valence-electron chi connectivity index (χ3n) is 6.80. The van der Waals surface area contributed by atoms with Gasteiger partial charge in [0.05, 0.1) is 16.1 Å². The average Bonchev–Trinajstić information content (AvgIpc) is 3.61. The fourth-order valence-electron chi connectivity index (χ4n) is 5.54. The van der Waals surface area contributed by atoms with Crippen LogP contribution in [-0.2, 0) is 30.3 Å². The number of ketones is 2. The minimum Gasteiger partial charge on any atom is -0.467 e. The molecular formula is C24H17ClO9. The van der Waals surface area contributed by atoms with Crippen molar-refractivity contribution < 1.29 is 42.7 Å². The van der Waals surface area contributed by atoms with Crippen molar-refractivity contribution in [2.24, 2.45) is 0 Å². The minimum absolute atomic E-state index is 0.0414. The molecule has 0 amide bonds. The Morgan fingerprint density at radius 2 is 1.85 bits per heavy atom. The van der Waals surface area contributed by atoms with Gasteiger partial charge in [0.1, 0.15) is 17.1 Å². The second-order valence-corrected chi connectivity index (χ2v) is 8.95. The summed E-state index contributed by atoms with van der Waals surface area (Å²) in [5.74, 6) is -0.977. The van der Waals surface area contributed by atoms with Crippen LogP contribution in [-0.4, -0.2) is 51.6 Å². The number of benzene rings is 2. The van der Waals surface area contributed by atoms with Crippen molar-refractivity contribution in [2.75, 3.05) is 27.8 Å². The summed E-state index contributed by atoms with van der Waals surface area (Å²) in [6, 6.07) is 5.07. The fourth-order valence-corrected chi connectivity index (χ4v) is 5.80. The van der Waals surface area contributed by atoms with Crippen molar-refractivity contribution in [2.45, 2.75) is 23.6 Å². The number of methoxy groups -OCH3 is 2. The number of hydrogen-bond acceptors (Lipinski definition) is 9. The topological polar surface area (TPSA) is 102 Å². The summed E-state index contributed by atoms with van der Waals surface area (Å²) in [6.07, 6.45) is 1.71. The van der Waals surface area contributed by atoms with Crippen LogP contribution in [0.5, 0.6) is 17.2 Å². The number of halogens is 1. The Labute approximate surface area is 198 Å².